The number of aliphatic hydroxyl groups is 1. The van der Waals surface area contributed by atoms with Gasteiger partial charge in [0.1, 0.15) is 12.4 Å². The molecule has 0 aliphatic carbocycles. The van der Waals surface area contributed by atoms with Gasteiger partial charge >= 0.3 is 0 Å². The first kappa shape index (κ1) is 15.0. The number of ether oxygens (including phenoxy) is 1. The first-order chi connectivity index (χ1) is 10.1. The van der Waals surface area contributed by atoms with Crippen LogP contribution in [0.4, 0.5) is 0 Å². The molecule has 21 heavy (non-hydrogen) atoms. The number of hydrogen-bond donors (Lipinski definition) is 2. The highest BCUT2D eigenvalue weighted by atomic mass is 16.5. The topological polar surface area (TPSA) is 97.5 Å². The smallest absolute Gasteiger partial charge is 0.252 e. The average molecular weight is 291 g/mol. The van der Waals surface area contributed by atoms with Gasteiger partial charge < -0.3 is 19.6 Å². The van der Waals surface area contributed by atoms with Crippen LogP contribution >= 0.6 is 0 Å². The van der Waals surface area contributed by atoms with Gasteiger partial charge in [0.25, 0.3) is 5.91 Å². The van der Waals surface area contributed by atoms with Crippen molar-refractivity contribution in [3.8, 4) is 5.75 Å². The lowest BCUT2D eigenvalue weighted by molar-refractivity contribution is -0.131. The van der Waals surface area contributed by atoms with E-state index < -0.39 is 12.0 Å². The molecule has 0 bridgehead atoms. The summed E-state index contributed by atoms with van der Waals surface area (Å²) in [5.41, 5.74) is 0.937. The van der Waals surface area contributed by atoms with Crippen LogP contribution in [0.1, 0.15) is 17.3 Å². The maximum atomic E-state index is 11.7. The van der Waals surface area contributed by atoms with E-state index in [1.54, 1.807) is 13.0 Å². The van der Waals surface area contributed by atoms with Crippen molar-refractivity contribution in [2.45, 2.75) is 26.5 Å². The number of aliphatic hydroxyl groups excluding tert-OH is 1. The van der Waals surface area contributed by atoms with Gasteiger partial charge in [-0.1, -0.05) is 18.2 Å². The van der Waals surface area contributed by atoms with Crippen LogP contribution in [0.25, 0.3) is 0 Å². The Kier molecular flexibility index (Phi) is 4.89. The minimum Gasteiger partial charge on any atom is -0.490 e. The van der Waals surface area contributed by atoms with Crippen molar-refractivity contribution in [1.29, 1.82) is 0 Å². The Morgan fingerprint density at radius 3 is 2.81 bits per heavy atom. The third kappa shape index (κ3) is 4.28. The molecule has 112 valence electrons. The fourth-order valence-corrected chi connectivity index (χ4v) is 1.65. The average Bonchev–Trinajstić information content (AvgIpc) is 2.89. The summed E-state index contributed by atoms with van der Waals surface area (Å²) in [5.74, 6) is 0.784. The van der Waals surface area contributed by atoms with Crippen molar-refractivity contribution in [2.75, 3.05) is 6.61 Å². The predicted octanol–water partition coefficient (Wildman–Crippen LogP) is 0.743. The molecule has 7 heteroatoms. The molecule has 0 unspecified atom stereocenters. The molecule has 1 aromatic carbocycles. The molecule has 0 fully saturated rings. The summed E-state index contributed by atoms with van der Waals surface area (Å²) in [4.78, 5) is 11.7. The number of aromatic nitrogens is 2. The second-order valence-corrected chi connectivity index (χ2v) is 4.52. The summed E-state index contributed by atoms with van der Waals surface area (Å²) in [7, 11) is 0. The van der Waals surface area contributed by atoms with Crippen molar-refractivity contribution in [3.63, 3.8) is 0 Å². The van der Waals surface area contributed by atoms with Crippen LogP contribution in [0.3, 0.4) is 0 Å². The summed E-state index contributed by atoms with van der Waals surface area (Å²) in [6.07, 6.45) is -1.27. The summed E-state index contributed by atoms with van der Waals surface area (Å²) >= 11 is 0. The number of benzene rings is 1. The van der Waals surface area contributed by atoms with Gasteiger partial charge in [0.15, 0.2) is 6.10 Å². The van der Waals surface area contributed by atoms with Gasteiger partial charge in [0.2, 0.25) is 11.8 Å². The van der Waals surface area contributed by atoms with Gasteiger partial charge in [0.05, 0.1) is 6.54 Å². The number of para-hydroxylation sites is 1. The first-order valence-electron chi connectivity index (χ1n) is 6.49. The van der Waals surface area contributed by atoms with Crippen molar-refractivity contribution in [1.82, 2.24) is 15.5 Å². The number of nitrogens with zero attached hydrogens (tertiary/aromatic N) is 2. The highest BCUT2D eigenvalue weighted by Gasteiger charge is 2.16. The zero-order valence-corrected chi connectivity index (χ0v) is 11.9. The lowest BCUT2D eigenvalue weighted by Gasteiger charge is -2.13. The van der Waals surface area contributed by atoms with Crippen molar-refractivity contribution >= 4 is 5.91 Å². The molecular weight excluding hydrogens is 274 g/mol. The molecule has 7 nitrogen and oxygen atoms in total. The molecule has 0 radical (unpaired) electrons. The van der Waals surface area contributed by atoms with Gasteiger partial charge in [-0.15, -0.1) is 10.2 Å². The van der Waals surface area contributed by atoms with Gasteiger partial charge in [0, 0.05) is 6.92 Å². The van der Waals surface area contributed by atoms with E-state index in [2.05, 4.69) is 15.5 Å². The Morgan fingerprint density at radius 2 is 2.14 bits per heavy atom. The van der Waals surface area contributed by atoms with E-state index in [1.165, 1.54) is 0 Å². The highest BCUT2D eigenvalue weighted by molar-refractivity contribution is 5.80. The Balaban J connectivity index is 1.78. The molecule has 0 aliphatic heterocycles. The number of carbonyl (C=O) groups is 1. The minimum atomic E-state index is -1.27. The maximum Gasteiger partial charge on any atom is 0.252 e. The van der Waals surface area contributed by atoms with Gasteiger partial charge in [-0.05, 0) is 18.6 Å². The molecule has 0 spiro atoms. The predicted molar refractivity (Wildman–Crippen MR) is 73.6 cm³/mol. The summed E-state index contributed by atoms with van der Waals surface area (Å²) in [5, 5.41) is 19.6. The van der Waals surface area contributed by atoms with Crippen LogP contribution in [0.5, 0.6) is 5.75 Å². The quantitative estimate of drug-likeness (QED) is 0.814. The molecule has 1 heterocycles. The maximum absolute atomic E-state index is 11.7. The first-order valence-corrected chi connectivity index (χ1v) is 6.49. The van der Waals surface area contributed by atoms with Gasteiger partial charge in [-0.2, -0.15) is 0 Å². The van der Waals surface area contributed by atoms with Crippen molar-refractivity contribution < 1.29 is 19.1 Å². The van der Waals surface area contributed by atoms with Crippen molar-refractivity contribution in [2.24, 2.45) is 0 Å². The van der Waals surface area contributed by atoms with Crippen LogP contribution < -0.4 is 10.1 Å². The zero-order valence-electron chi connectivity index (χ0n) is 11.9. The SMILES string of the molecule is Cc1nnc(CNC(=O)[C@@H](O)COc2ccccc2C)o1. The molecule has 2 rings (SSSR count). The number of rotatable bonds is 6. The van der Waals surface area contributed by atoms with Crippen LogP contribution in [0.15, 0.2) is 28.7 Å². The Bertz CT molecular complexity index is 612. The highest BCUT2D eigenvalue weighted by Crippen LogP contribution is 2.16. The number of nitrogens with one attached hydrogen (secondary N) is 1. The second-order valence-electron chi connectivity index (χ2n) is 4.52. The van der Waals surface area contributed by atoms with E-state index in [-0.39, 0.29) is 19.0 Å². The van der Waals surface area contributed by atoms with E-state index in [0.717, 1.165) is 5.56 Å². The molecule has 1 aromatic heterocycles. The van der Waals surface area contributed by atoms with E-state index in [1.807, 2.05) is 25.1 Å². The Hall–Kier alpha value is -2.41. The van der Waals surface area contributed by atoms with E-state index in [0.29, 0.717) is 11.6 Å². The second kappa shape index (κ2) is 6.85. The van der Waals surface area contributed by atoms with Crippen molar-refractivity contribution in [3.05, 3.63) is 41.6 Å². The third-order valence-corrected chi connectivity index (χ3v) is 2.77. The lowest BCUT2D eigenvalue weighted by atomic mass is 10.2. The summed E-state index contributed by atoms with van der Waals surface area (Å²) < 4.78 is 10.5. The van der Waals surface area contributed by atoms with Gasteiger partial charge in [-0.3, -0.25) is 4.79 Å². The molecule has 2 aromatic rings. The van der Waals surface area contributed by atoms with Crippen LogP contribution in [-0.4, -0.2) is 33.9 Å². The summed E-state index contributed by atoms with van der Waals surface area (Å²) in [6.45, 7) is 3.49. The molecule has 0 saturated heterocycles. The minimum absolute atomic E-state index is 0.0705. The Morgan fingerprint density at radius 1 is 1.38 bits per heavy atom. The van der Waals surface area contributed by atoms with E-state index >= 15 is 0 Å². The normalized spacial score (nSPS) is 12.0. The zero-order chi connectivity index (χ0) is 15.2. The molecule has 0 saturated carbocycles. The molecule has 1 atom stereocenters. The van der Waals surface area contributed by atoms with Crippen LogP contribution in [0.2, 0.25) is 0 Å². The molecule has 0 aliphatic rings. The summed E-state index contributed by atoms with van der Waals surface area (Å²) in [6, 6.07) is 7.38. The fraction of sp³-hybridized carbons (Fsp3) is 0.357. The molecular formula is C14H17N3O4. The van der Waals surface area contributed by atoms with E-state index in [4.69, 9.17) is 9.15 Å². The standard InChI is InChI=1S/C14H17N3O4/c1-9-5-3-4-6-12(9)20-8-11(18)14(19)15-7-13-17-16-10(2)21-13/h3-6,11,18H,7-8H2,1-2H3,(H,15,19)/t11-/m0/s1. The number of aryl methyl sites for hydroxylation is 2. The van der Waals surface area contributed by atoms with Crippen LogP contribution in [0, 0.1) is 13.8 Å². The fourth-order valence-electron chi connectivity index (χ4n) is 1.65. The van der Waals surface area contributed by atoms with Crippen LogP contribution in [-0.2, 0) is 11.3 Å². The number of amides is 1. The number of carbonyl (C=O) groups excluding carboxylic acids is 1. The van der Waals surface area contributed by atoms with E-state index in [9.17, 15) is 9.90 Å². The largest absolute Gasteiger partial charge is 0.490 e. The lowest BCUT2D eigenvalue weighted by Crippen LogP contribution is -2.38. The van der Waals surface area contributed by atoms with Gasteiger partial charge in [-0.25, -0.2) is 0 Å². The third-order valence-electron chi connectivity index (χ3n) is 2.77. The number of hydrogen-bond acceptors (Lipinski definition) is 6. The Labute approximate surface area is 121 Å². The monoisotopic (exact) mass is 291 g/mol. The molecule has 1 amide bonds. The molecule has 2 N–H and O–H groups in total.